The Labute approximate surface area is 220 Å². The molecule has 2 aromatic rings. The Hall–Kier alpha value is -3.27. The average Bonchev–Trinajstić information content (AvgIpc) is 3.13. The average molecular weight is 550 g/mol. The lowest BCUT2D eigenvalue weighted by Gasteiger charge is -2.26. The fourth-order valence-corrected chi connectivity index (χ4v) is 5.26. The Morgan fingerprint density at radius 2 is 2.00 bits per heavy atom. The molecule has 1 aromatic heterocycles. The molecule has 206 valence electrons. The van der Waals surface area contributed by atoms with E-state index in [4.69, 9.17) is 18.5 Å². The van der Waals surface area contributed by atoms with Crippen LogP contribution in [0.25, 0.3) is 0 Å². The van der Waals surface area contributed by atoms with E-state index >= 15 is 0 Å². The molecule has 1 saturated heterocycles. The molecule has 0 unspecified atom stereocenters. The number of para-hydroxylation sites is 1. The van der Waals surface area contributed by atoms with Gasteiger partial charge in [-0.05, 0) is 45.9 Å². The highest BCUT2D eigenvalue weighted by atomic mass is 31.2. The number of carbonyl (C=O) groups excluding carboxylic acids is 1. The van der Waals surface area contributed by atoms with E-state index in [1.807, 2.05) is 6.07 Å². The van der Waals surface area contributed by atoms with Gasteiger partial charge in [0.15, 0.2) is 6.23 Å². The summed E-state index contributed by atoms with van der Waals surface area (Å²) < 4.78 is 37.1. The zero-order chi connectivity index (χ0) is 28.1. The summed E-state index contributed by atoms with van der Waals surface area (Å²) in [5, 5.41) is 26.2. The minimum Gasteiger partial charge on any atom is -0.462 e. The van der Waals surface area contributed by atoms with Gasteiger partial charge in [0.1, 0.15) is 35.2 Å². The molecule has 2 heterocycles. The number of rotatable bonds is 11. The summed E-state index contributed by atoms with van der Waals surface area (Å²) in [5.74, 6) is -0.159. The van der Waals surface area contributed by atoms with Gasteiger partial charge in [-0.3, -0.25) is 13.9 Å². The van der Waals surface area contributed by atoms with Gasteiger partial charge in [-0.1, -0.05) is 18.2 Å². The van der Waals surface area contributed by atoms with Crippen molar-refractivity contribution in [3.05, 3.63) is 53.1 Å². The first-order valence-electron chi connectivity index (χ1n) is 11.9. The lowest BCUT2D eigenvalue weighted by Crippen LogP contribution is -2.40. The maximum atomic E-state index is 13.7. The largest absolute Gasteiger partial charge is 0.462 e. The molecule has 3 rings (SSSR count). The van der Waals surface area contributed by atoms with Crippen LogP contribution in [0.5, 0.6) is 5.75 Å². The van der Waals surface area contributed by atoms with Gasteiger partial charge in [0.05, 0.1) is 18.8 Å². The smallest absolute Gasteiger partial charge is 0.459 e. The molecule has 13 nitrogen and oxygen atoms in total. The summed E-state index contributed by atoms with van der Waals surface area (Å²) in [7, 11) is -2.65. The first-order chi connectivity index (χ1) is 17.9. The second-order valence-corrected chi connectivity index (χ2v) is 10.8. The Bertz CT molecular complexity index is 1270. The maximum absolute atomic E-state index is 13.7. The Morgan fingerprint density at radius 1 is 1.32 bits per heavy atom. The Balaban J connectivity index is 1.83. The summed E-state index contributed by atoms with van der Waals surface area (Å²) in [6, 6.07) is 10.6. The number of aromatic nitrogens is 2. The molecular formula is C24H32N5O8P. The summed E-state index contributed by atoms with van der Waals surface area (Å²) >= 11 is 0. The number of nitrogens with zero attached hydrogens (tertiary/aromatic N) is 3. The van der Waals surface area contributed by atoms with Gasteiger partial charge in [0, 0.05) is 13.2 Å². The summed E-state index contributed by atoms with van der Waals surface area (Å²) in [5.41, 5.74) is -2.28. The van der Waals surface area contributed by atoms with E-state index in [9.17, 15) is 24.5 Å². The fraction of sp³-hybridized carbons (Fsp3) is 0.500. The standard InChI is InChI=1S/C24H32N5O8P/c1-15(2)35-21(31)16(3)28-38(33,37-17-9-7-6-8-10-17)34-13-18-20(30)24(4,14-25)22(36-18)29-12-11-19(26-5)27-23(29)32/h6-12,15-16,18,20,22,30H,13H2,1-5H3,(H,28,33)(H,26,27,32)/t16-,18-,20-,22-,24-,38-/m1/s1. The van der Waals surface area contributed by atoms with Gasteiger partial charge in [0.2, 0.25) is 0 Å². The fourth-order valence-electron chi connectivity index (χ4n) is 3.76. The Morgan fingerprint density at radius 3 is 2.58 bits per heavy atom. The zero-order valence-electron chi connectivity index (χ0n) is 21.7. The first-order valence-corrected chi connectivity index (χ1v) is 13.5. The van der Waals surface area contributed by atoms with Crippen molar-refractivity contribution in [1.82, 2.24) is 14.6 Å². The number of ether oxygens (including phenoxy) is 2. The van der Waals surface area contributed by atoms with Crippen LogP contribution in [0.1, 0.15) is 33.9 Å². The number of aliphatic hydroxyl groups is 1. The van der Waals surface area contributed by atoms with E-state index in [1.54, 1.807) is 51.2 Å². The van der Waals surface area contributed by atoms with Crippen LogP contribution in [-0.2, 0) is 23.4 Å². The van der Waals surface area contributed by atoms with Gasteiger partial charge < -0.3 is 24.4 Å². The summed E-state index contributed by atoms with van der Waals surface area (Å²) in [4.78, 5) is 28.8. The van der Waals surface area contributed by atoms with Gasteiger partial charge in [-0.2, -0.15) is 15.3 Å². The van der Waals surface area contributed by atoms with Crippen LogP contribution >= 0.6 is 7.75 Å². The highest BCUT2D eigenvalue weighted by molar-refractivity contribution is 7.52. The lowest BCUT2D eigenvalue weighted by molar-refractivity contribution is -0.149. The van der Waals surface area contributed by atoms with Crippen LogP contribution in [0.4, 0.5) is 5.82 Å². The van der Waals surface area contributed by atoms with Crippen molar-refractivity contribution < 1.29 is 33.0 Å². The van der Waals surface area contributed by atoms with Crippen molar-refractivity contribution in [1.29, 1.82) is 5.26 Å². The number of nitriles is 1. The molecule has 0 saturated carbocycles. The van der Waals surface area contributed by atoms with Crippen molar-refractivity contribution in [2.24, 2.45) is 5.41 Å². The Kier molecular flexibility index (Phi) is 9.30. The third-order valence-electron chi connectivity index (χ3n) is 5.80. The second kappa shape index (κ2) is 12.1. The third kappa shape index (κ3) is 6.59. The van der Waals surface area contributed by atoms with E-state index in [2.05, 4.69) is 15.4 Å². The van der Waals surface area contributed by atoms with Crippen molar-refractivity contribution in [3.63, 3.8) is 0 Å². The number of aliphatic hydroxyl groups excluding tert-OH is 1. The van der Waals surface area contributed by atoms with E-state index < -0.39 is 62.0 Å². The van der Waals surface area contributed by atoms with E-state index in [-0.39, 0.29) is 5.75 Å². The molecule has 14 heteroatoms. The molecular weight excluding hydrogens is 517 g/mol. The molecule has 1 aliphatic heterocycles. The van der Waals surface area contributed by atoms with E-state index in [0.29, 0.717) is 5.82 Å². The monoisotopic (exact) mass is 549 g/mol. The number of benzene rings is 1. The number of nitrogens with one attached hydrogen (secondary N) is 2. The van der Waals surface area contributed by atoms with Crippen LogP contribution in [0.3, 0.4) is 0 Å². The van der Waals surface area contributed by atoms with Gasteiger partial charge in [0.25, 0.3) is 0 Å². The van der Waals surface area contributed by atoms with Crippen molar-refractivity contribution >= 4 is 19.5 Å². The highest BCUT2D eigenvalue weighted by Crippen LogP contribution is 2.48. The van der Waals surface area contributed by atoms with Crippen LogP contribution in [-0.4, -0.2) is 58.6 Å². The van der Waals surface area contributed by atoms with Gasteiger partial charge >= 0.3 is 19.4 Å². The number of carbonyl (C=O) groups is 1. The van der Waals surface area contributed by atoms with Crippen LogP contribution < -0.4 is 20.6 Å². The third-order valence-corrected chi connectivity index (χ3v) is 7.44. The van der Waals surface area contributed by atoms with Crippen LogP contribution in [0, 0.1) is 16.7 Å². The molecule has 38 heavy (non-hydrogen) atoms. The van der Waals surface area contributed by atoms with Crippen LogP contribution in [0.2, 0.25) is 0 Å². The summed E-state index contributed by atoms with van der Waals surface area (Å²) in [6.45, 7) is 5.72. The van der Waals surface area contributed by atoms with Crippen molar-refractivity contribution in [2.75, 3.05) is 19.0 Å². The number of esters is 1. The molecule has 0 spiro atoms. The van der Waals surface area contributed by atoms with Gasteiger partial charge in [-0.25, -0.2) is 9.36 Å². The molecule has 0 radical (unpaired) electrons. The molecule has 6 atom stereocenters. The minimum atomic E-state index is -4.25. The van der Waals surface area contributed by atoms with Crippen molar-refractivity contribution in [3.8, 4) is 11.8 Å². The molecule has 0 amide bonds. The highest BCUT2D eigenvalue weighted by Gasteiger charge is 2.55. The number of anilines is 1. The zero-order valence-corrected chi connectivity index (χ0v) is 22.6. The SMILES string of the molecule is CNc1ccn([C@@H]2O[C@H](CO[P@](=O)(N[C@H](C)C(=O)OC(C)C)Oc3ccccc3)[C@@H](O)[C@@]2(C)C#N)c(=O)n1. The molecule has 1 fully saturated rings. The molecule has 3 N–H and O–H groups in total. The van der Waals surface area contributed by atoms with E-state index in [0.717, 1.165) is 4.57 Å². The predicted octanol–water partition coefficient (Wildman–Crippen LogP) is 2.21. The van der Waals surface area contributed by atoms with Crippen molar-refractivity contribution in [2.45, 2.75) is 58.3 Å². The predicted molar refractivity (Wildman–Crippen MR) is 136 cm³/mol. The van der Waals surface area contributed by atoms with E-state index in [1.165, 1.54) is 26.1 Å². The van der Waals surface area contributed by atoms with Crippen LogP contribution in [0.15, 0.2) is 47.4 Å². The maximum Gasteiger partial charge on any atom is 0.459 e. The molecule has 1 aliphatic rings. The topological polar surface area (TPSA) is 174 Å². The molecule has 1 aromatic carbocycles. The summed E-state index contributed by atoms with van der Waals surface area (Å²) in [6.07, 6.45) is -2.85. The minimum absolute atomic E-state index is 0.197. The molecule has 0 aliphatic carbocycles. The lowest BCUT2D eigenvalue weighted by atomic mass is 9.84. The number of hydrogen-bond acceptors (Lipinski definition) is 11. The van der Waals surface area contributed by atoms with Gasteiger partial charge in [-0.15, -0.1) is 0 Å². The second-order valence-electron chi connectivity index (χ2n) is 9.15. The normalized spacial score (nSPS) is 25.3. The number of hydrogen-bond donors (Lipinski definition) is 3. The quantitative estimate of drug-likeness (QED) is 0.276. The molecule has 0 bridgehead atoms. The first kappa shape index (κ1) is 29.3.